The molecule has 0 saturated heterocycles. The number of phenolic OH excluding ortho intramolecular Hbond substituents is 1. The van der Waals surface area contributed by atoms with Crippen molar-refractivity contribution in [2.75, 3.05) is 13.7 Å². The molecule has 0 radical (unpaired) electrons. The number of allylic oxidation sites excluding steroid dienone is 1. The Hall–Kier alpha value is -2.98. The maximum Gasteiger partial charge on any atom is 0.207 e. The van der Waals surface area contributed by atoms with Crippen molar-refractivity contribution in [1.29, 1.82) is 0 Å². The number of phenols is 1. The van der Waals surface area contributed by atoms with Gasteiger partial charge in [0.05, 0.1) is 6.61 Å². The van der Waals surface area contributed by atoms with E-state index < -0.39 is 0 Å². The quantitative estimate of drug-likeness (QED) is 0.197. The summed E-state index contributed by atoms with van der Waals surface area (Å²) >= 11 is 0. The number of carbonyl (C=O) groups is 1. The summed E-state index contributed by atoms with van der Waals surface area (Å²) in [7, 11) is 1.50. The van der Waals surface area contributed by atoms with Gasteiger partial charge in [0.25, 0.3) is 0 Å². The van der Waals surface area contributed by atoms with Crippen molar-refractivity contribution in [3.8, 4) is 11.5 Å². The van der Waals surface area contributed by atoms with Crippen LogP contribution in [0.3, 0.4) is 0 Å². The van der Waals surface area contributed by atoms with Gasteiger partial charge in [-0.1, -0.05) is 134 Å². The maximum absolute atomic E-state index is 12.4. The van der Waals surface area contributed by atoms with Crippen molar-refractivity contribution >= 4 is 41.0 Å². The van der Waals surface area contributed by atoms with Crippen LogP contribution in [0, 0.1) is 5.92 Å². The van der Waals surface area contributed by atoms with Crippen molar-refractivity contribution in [1.82, 2.24) is 0 Å². The van der Waals surface area contributed by atoms with Gasteiger partial charge in [0.2, 0.25) is 6.71 Å². The number of benzene rings is 3. The summed E-state index contributed by atoms with van der Waals surface area (Å²) in [6.07, 6.45) is 11.7. The van der Waals surface area contributed by atoms with Crippen LogP contribution in [0.25, 0.3) is 16.3 Å². The number of hydrogen-bond acceptors (Lipinski definition) is 4. The number of aromatic hydroxyl groups is 1. The summed E-state index contributed by atoms with van der Waals surface area (Å²) in [5, 5.41) is 12.6. The van der Waals surface area contributed by atoms with Crippen molar-refractivity contribution in [3.63, 3.8) is 0 Å². The number of nitrogens with two attached hydrogens (primary N) is 1. The highest BCUT2D eigenvalue weighted by atomic mass is 16.5. The van der Waals surface area contributed by atoms with E-state index in [4.69, 9.17) is 4.74 Å². The predicted octanol–water partition coefficient (Wildman–Crippen LogP) is 8.94. The van der Waals surface area contributed by atoms with Gasteiger partial charge in [-0.3, -0.25) is 4.79 Å². The third-order valence-corrected chi connectivity index (χ3v) is 8.12. The number of carbonyl (C=O) groups excluding carboxylic acids is 1. The minimum Gasteiger partial charge on any atom is -0.508 e. The second-order valence-corrected chi connectivity index (χ2v) is 11.3. The Balaban J connectivity index is 0.000000269. The predicted molar refractivity (Wildman–Crippen MR) is 191 cm³/mol. The van der Waals surface area contributed by atoms with Crippen LogP contribution >= 0.6 is 0 Å². The van der Waals surface area contributed by atoms with Gasteiger partial charge in [-0.2, -0.15) is 0 Å². The molecule has 1 saturated carbocycles. The average Bonchev–Trinajstić information content (AvgIpc) is 3.83. The molecule has 3 aromatic rings. The van der Waals surface area contributed by atoms with E-state index in [9.17, 15) is 9.90 Å². The van der Waals surface area contributed by atoms with Crippen LogP contribution in [0.5, 0.6) is 11.5 Å². The second kappa shape index (κ2) is 20.1. The molecule has 0 unspecified atom stereocenters. The molecule has 0 atom stereocenters. The highest BCUT2D eigenvalue weighted by Crippen LogP contribution is 2.38. The zero-order chi connectivity index (χ0) is 31.6. The minimum atomic E-state index is 0.217. The zero-order valence-electron chi connectivity index (χ0n) is 27.7. The van der Waals surface area contributed by atoms with Gasteiger partial charge in [0, 0.05) is 16.9 Å². The molecule has 232 valence electrons. The van der Waals surface area contributed by atoms with Crippen LogP contribution in [0.1, 0.15) is 78.7 Å². The van der Waals surface area contributed by atoms with E-state index in [2.05, 4.69) is 74.9 Å². The lowest BCUT2D eigenvalue weighted by atomic mass is 9.42. The first-order valence-corrected chi connectivity index (χ1v) is 16.8. The number of ketones is 1. The summed E-state index contributed by atoms with van der Waals surface area (Å²) in [6, 6.07) is 20.3. The fourth-order valence-corrected chi connectivity index (χ4v) is 5.89. The molecular formula is C37H55B2NO3. The van der Waals surface area contributed by atoms with Gasteiger partial charge in [0.15, 0.2) is 5.78 Å². The topological polar surface area (TPSA) is 72.5 Å². The molecule has 0 bridgehead atoms. The SMILES string of the molecule is CC.CCCB(CCC)CCOc1cccc2ccccc12.CCCCB1C=C(C(=O)C2CC2)c2cccc(O)c21.CN. The lowest BCUT2D eigenvalue weighted by molar-refractivity contribution is -0.114. The molecule has 1 aliphatic carbocycles. The van der Waals surface area contributed by atoms with Crippen LogP contribution < -0.4 is 15.9 Å². The maximum atomic E-state index is 12.4. The van der Waals surface area contributed by atoms with Crippen molar-refractivity contribution in [3.05, 3.63) is 72.2 Å². The molecule has 5 rings (SSSR count). The molecule has 4 nitrogen and oxygen atoms in total. The highest BCUT2D eigenvalue weighted by Gasteiger charge is 2.37. The van der Waals surface area contributed by atoms with E-state index >= 15 is 0 Å². The summed E-state index contributed by atoms with van der Waals surface area (Å²) < 4.78 is 6.04. The first-order valence-electron chi connectivity index (χ1n) is 16.8. The van der Waals surface area contributed by atoms with Gasteiger partial charge in [-0.15, -0.1) is 0 Å². The van der Waals surface area contributed by atoms with Crippen molar-refractivity contribution in [2.24, 2.45) is 11.7 Å². The largest absolute Gasteiger partial charge is 0.508 e. The Bertz CT molecular complexity index is 1260. The third-order valence-electron chi connectivity index (χ3n) is 8.12. The van der Waals surface area contributed by atoms with Crippen LogP contribution in [-0.4, -0.2) is 38.0 Å². The van der Waals surface area contributed by atoms with Gasteiger partial charge in [-0.05, 0) is 54.8 Å². The van der Waals surface area contributed by atoms with E-state index in [1.807, 2.05) is 26.0 Å². The third kappa shape index (κ3) is 10.6. The number of ether oxygens (including phenoxy) is 1. The Morgan fingerprint density at radius 2 is 1.56 bits per heavy atom. The fourth-order valence-electron chi connectivity index (χ4n) is 5.89. The molecule has 1 aliphatic heterocycles. The first-order chi connectivity index (χ1) is 21.1. The molecule has 2 aliphatic rings. The smallest absolute Gasteiger partial charge is 0.207 e. The number of hydrogen-bond donors (Lipinski definition) is 2. The Morgan fingerprint density at radius 3 is 2.21 bits per heavy atom. The lowest BCUT2D eigenvalue weighted by Crippen LogP contribution is -2.26. The van der Waals surface area contributed by atoms with Crippen LogP contribution in [0.15, 0.2) is 66.6 Å². The van der Waals surface area contributed by atoms with E-state index in [-0.39, 0.29) is 18.4 Å². The molecule has 1 heterocycles. The summed E-state index contributed by atoms with van der Waals surface area (Å²) in [6.45, 7) is 12.6. The zero-order valence-corrected chi connectivity index (χ0v) is 27.7. The second-order valence-electron chi connectivity index (χ2n) is 11.3. The molecule has 6 heteroatoms. The van der Waals surface area contributed by atoms with Gasteiger partial charge in [0.1, 0.15) is 18.2 Å². The summed E-state index contributed by atoms with van der Waals surface area (Å²) in [5.74, 6) is 3.99. The van der Waals surface area contributed by atoms with Gasteiger partial charge in [-0.25, -0.2) is 0 Å². The monoisotopic (exact) mass is 583 g/mol. The molecular weight excluding hydrogens is 528 g/mol. The first kappa shape index (κ1) is 36.2. The van der Waals surface area contributed by atoms with Crippen molar-refractivity contribution < 1.29 is 14.6 Å². The molecule has 0 spiro atoms. The standard InChI is InChI=1S/C18H25BO.C16H19BO2.C2H6.CH5N/c1-3-12-19(13-4-2)14-15-20-18-11-7-9-16-8-5-6-10-17(16)18;1-2-3-9-17-10-13(16(19)11-7-8-11)12-5-4-6-14(18)15(12)17;2*1-2/h5-11H,3-4,12-15H2,1-2H3;4-6,10-11,18H,2-3,7-9H2,1H3;1-2H3;2H2,1H3. The number of Topliss-reactive ketones (excluding diaryl/α,β-unsaturated/α-hetero) is 1. The van der Waals surface area contributed by atoms with E-state index in [1.54, 1.807) is 6.07 Å². The van der Waals surface area contributed by atoms with Crippen LogP contribution in [-0.2, 0) is 4.79 Å². The molecule has 43 heavy (non-hydrogen) atoms. The molecule has 3 N–H and O–H groups in total. The van der Waals surface area contributed by atoms with Gasteiger partial charge >= 0.3 is 0 Å². The Morgan fingerprint density at radius 1 is 0.907 bits per heavy atom. The van der Waals surface area contributed by atoms with Crippen molar-refractivity contribution in [2.45, 2.75) is 98.4 Å². The average molecular weight is 583 g/mol. The minimum absolute atomic E-state index is 0.217. The summed E-state index contributed by atoms with van der Waals surface area (Å²) in [4.78, 5) is 12.4. The molecule has 0 aromatic heterocycles. The van der Waals surface area contributed by atoms with Crippen LogP contribution in [0.2, 0.25) is 25.3 Å². The Kier molecular flexibility index (Phi) is 16.9. The highest BCUT2D eigenvalue weighted by molar-refractivity contribution is 6.83. The molecule has 0 amide bonds. The van der Waals surface area contributed by atoms with E-state index in [1.165, 1.54) is 49.6 Å². The Labute approximate surface area is 262 Å². The normalized spacial score (nSPS) is 12.9. The van der Waals surface area contributed by atoms with E-state index in [0.29, 0.717) is 5.75 Å². The van der Waals surface area contributed by atoms with E-state index in [0.717, 1.165) is 67.7 Å². The van der Waals surface area contributed by atoms with Crippen LogP contribution in [0.4, 0.5) is 0 Å². The number of fused-ring (bicyclic) bond motifs is 2. The lowest BCUT2D eigenvalue weighted by Gasteiger charge is -2.13. The molecule has 3 aromatic carbocycles. The number of unbranched alkanes of at least 4 members (excludes halogenated alkanes) is 1. The summed E-state index contributed by atoms with van der Waals surface area (Å²) in [5.41, 5.74) is 7.30. The fraction of sp³-hybridized carbons (Fsp3) is 0.486. The molecule has 1 fully saturated rings. The van der Waals surface area contributed by atoms with Gasteiger partial charge < -0.3 is 15.6 Å². The number of rotatable bonds is 13.